The average Bonchev–Trinajstić information content (AvgIpc) is 3.07. The topological polar surface area (TPSA) is 22.1 Å². The number of aryl methyl sites for hydroxylation is 2. The third kappa shape index (κ3) is 5.13. The minimum atomic E-state index is -4.33. The van der Waals surface area contributed by atoms with Gasteiger partial charge in [0, 0.05) is 5.56 Å². The lowest BCUT2D eigenvalue weighted by Gasteiger charge is -2.06. The van der Waals surface area contributed by atoms with Gasteiger partial charge in [-0.2, -0.15) is 13.2 Å². The second kappa shape index (κ2) is 8.78. The van der Waals surface area contributed by atoms with Crippen LogP contribution in [0.15, 0.2) is 48.5 Å². The molecule has 28 heavy (non-hydrogen) atoms. The maximum atomic E-state index is 12.8. The van der Waals surface area contributed by atoms with Crippen LogP contribution in [-0.2, 0) is 19.2 Å². The fourth-order valence-electron chi connectivity index (χ4n) is 2.81. The number of hydrogen-bond acceptors (Lipinski definition) is 3. The number of aromatic nitrogens is 1. The molecule has 3 aromatic rings. The number of nitrogens with zero attached hydrogens (tertiary/aromatic N) is 1. The molecule has 0 atom stereocenters. The van der Waals surface area contributed by atoms with E-state index in [0.29, 0.717) is 12.2 Å². The van der Waals surface area contributed by atoms with E-state index in [-0.39, 0.29) is 0 Å². The molecular weight excluding hydrogens is 383 g/mol. The van der Waals surface area contributed by atoms with E-state index in [4.69, 9.17) is 9.72 Å². The molecule has 2 aromatic carbocycles. The number of alkyl halides is 3. The van der Waals surface area contributed by atoms with Gasteiger partial charge in [-0.05, 0) is 49.6 Å². The van der Waals surface area contributed by atoms with E-state index in [0.717, 1.165) is 58.3 Å². The van der Waals surface area contributed by atoms with Crippen LogP contribution in [0.25, 0.3) is 10.6 Å². The highest BCUT2D eigenvalue weighted by molar-refractivity contribution is 7.15. The monoisotopic (exact) mass is 405 g/mol. The van der Waals surface area contributed by atoms with Crippen LogP contribution >= 0.6 is 11.3 Å². The molecule has 6 heteroatoms. The lowest BCUT2D eigenvalue weighted by atomic mass is 10.1. The molecule has 1 heterocycles. The zero-order valence-electron chi connectivity index (χ0n) is 15.8. The Hall–Kier alpha value is -2.34. The zero-order valence-corrected chi connectivity index (χ0v) is 16.7. The maximum Gasteiger partial charge on any atom is 0.416 e. The minimum Gasteiger partial charge on any atom is -0.488 e. The summed E-state index contributed by atoms with van der Waals surface area (Å²) in [4.78, 5) is 5.72. The van der Waals surface area contributed by atoms with E-state index in [1.165, 1.54) is 23.5 Å². The van der Waals surface area contributed by atoms with Gasteiger partial charge < -0.3 is 4.74 Å². The number of unbranched alkanes of at least 4 members (excludes halogenated alkanes) is 1. The molecule has 0 aliphatic rings. The Morgan fingerprint density at radius 3 is 2.46 bits per heavy atom. The van der Waals surface area contributed by atoms with Gasteiger partial charge in [0.25, 0.3) is 0 Å². The molecule has 0 N–H and O–H groups in total. The summed E-state index contributed by atoms with van der Waals surface area (Å²) in [5, 5.41) is 0.725. The van der Waals surface area contributed by atoms with Crippen molar-refractivity contribution in [3.63, 3.8) is 0 Å². The largest absolute Gasteiger partial charge is 0.488 e. The standard InChI is InChI=1S/C22H22F3NOS/c1-3-4-8-19-20(14-27-18-7-5-6-15(2)13-18)28-21(26-19)16-9-11-17(12-10-16)22(23,24)25/h5-7,9-13H,3-4,8,14H2,1-2H3. The summed E-state index contributed by atoms with van der Waals surface area (Å²) in [5.74, 6) is 0.797. The molecule has 148 valence electrons. The van der Waals surface area contributed by atoms with Gasteiger partial charge in [0.15, 0.2) is 0 Å². The van der Waals surface area contributed by atoms with Gasteiger partial charge in [0.2, 0.25) is 0 Å². The van der Waals surface area contributed by atoms with Gasteiger partial charge in [-0.15, -0.1) is 11.3 Å². The fraction of sp³-hybridized carbons (Fsp3) is 0.318. The van der Waals surface area contributed by atoms with Crippen LogP contribution in [0.2, 0.25) is 0 Å². The molecule has 0 aliphatic heterocycles. The third-order valence-electron chi connectivity index (χ3n) is 4.36. The number of hydrogen-bond donors (Lipinski definition) is 0. The summed E-state index contributed by atoms with van der Waals surface area (Å²) in [6, 6.07) is 13.0. The minimum absolute atomic E-state index is 0.404. The Morgan fingerprint density at radius 1 is 1.07 bits per heavy atom. The second-order valence-corrected chi connectivity index (χ2v) is 7.76. The van der Waals surface area contributed by atoms with Gasteiger partial charge in [-0.1, -0.05) is 37.6 Å². The summed E-state index contributed by atoms with van der Waals surface area (Å²) in [6.45, 7) is 4.53. The molecule has 3 rings (SSSR count). The van der Waals surface area contributed by atoms with Gasteiger partial charge in [0.05, 0.1) is 16.1 Å². The zero-order chi connectivity index (χ0) is 20.1. The molecule has 1 aromatic heterocycles. The number of rotatable bonds is 7. The highest BCUT2D eigenvalue weighted by atomic mass is 32.1. The molecule has 0 radical (unpaired) electrons. The molecular formula is C22H22F3NOS. The van der Waals surface area contributed by atoms with Crippen LogP contribution in [0, 0.1) is 6.92 Å². The van der Waals surface area contributed by atoms with Gasteiger partial charge in [-0.3, -0.25) is 0 Å². The smallest absolute Gasteiger partial charge is 0.416 e. The van der Waals surface area contributed by atoms with E-state index < -0.39 is 11.7 Å². The first-order valence-electron chi connectivity index (χ1n) is 9.22. The summed E-state index contributed by atoms with van der Waals surface area (Å²) in [6.07, 6.45) is -1.44. The van der Waals surface area contributed by atoms with Crippen LogP contribution in [0.1, 0.15) is 41.5 Å². The van der Waals surface area contributed by atoms with Gasteiger partial charge in [-0.25, -0.2) is 4.98 Å². The van der Waals surface area contributed by atoms with E-state index in [2.05, 4.69) is 6.92 Å². The molecule has 2 nitrogen and oxygen atoms in total. The lowest BCUT2D eigenvalue weighted by Crippen LogP contribution is -2.03. The number of benzene rings is 2. The van der Waals surface area contributed by atoms with Crippen molar-refractivity contribution >= 4 is 11.3 Å². The summed E-state index contributed by atoms with van der Waals surface area (Å²) in [7, 11) is 0. The van der Waals surface area contributed by atoms with E-state index in [1.807, 2.05) is 31.2 Å². The van der Waals surface area contributed by atoms with Crippen molar-refractivity contribution in [3.8, 4) is 16.3 Å². The molecule has 0 amide bonds. The normalized spacial score (nSPS) is 11.6. The van der Waals surface area contributed by atoms with E-state index >= 15 is 0 Å². The van der Waals surface area contributed by atoms with Crippen molar-refractivity contribution in [1.29, 1.82) is 0 Å². The first-order chi connectivity index (χ1) is 13.4. The second-order valence-electron chi connectivity index (χ2n) is 6.67. The maximum absolute atomic E-state index is 12.8. The Morgan fingerprint density at radius 2 is 1.82 bits per heavy atom. The van der Waals surface area contributed by atoms with Crippen molar-refractivity contribution in [2.45, 2.75) is 45.9 Å². The predicted octanol–water partition coefficient (Wildman–Crippen LogP) is 7.06. The first-order valence-corrected chi connectivity index (χ1v) is 10.0. The van der Waals surface area contributed by atoms with Crippen molar-refractivity contribution < 1.29 is 17.9 Å². The van der Waals surface area contributed by atoms with Crippen molar-refractivity contribution in [2.24, 2.45) is 0 Å². The quantitative estimate of drug-likeness (QED) is 0.420. The predicted molar refractivity (Wildman–Crippen MR) is 107 cm³/mol. The summed E-state index contributed by atoms with van der Waals surface area (Å²) >= 11 is 1.48. The molecule has 0 bridgehead atoms. The van der Waals surface area contributed by atoms with Gasteiger partial charge in [0.1, 0.15) is 17.4 Å². The molecule has 0 unspecified atom stereocenters. The number of ether oxygens (including phenoxy) is 1. The van der Waals surface area contributed by atoms with Crippen LogP contribution in [0.4, 0.5) is 13.2 Å². The highest BCUT2D eigenvalue weighted by Crippen LogP contribution is 2.34. The van der Waals surface area contributed by atoms with Crippen LogP contribution in [0.5, 0.6) is 5.75 Å². The summed E-state index contributed by atoms with van der Waals surface area (Å²) in [5.41, 5.74) is 2.13. The molecule has 0 aliphatic carbocycles. The summed E-state index contributed by atoms with van der Waals surface area (Å²) < 4.78 is 44.3. The molecule has 0 saturated carbocycles. The van der Waals surface area contributed by atoms with Crippen molar-refractivity contribution in [2.75, 3.05) is 0 Å². The number of thiazole rings is 1. The first kappa shape index (κ1) is 20.4. The Balaban J connectivity index is 1.82. The number of halogens is 3. The van der Waals surface area contributed by atoms with E-state index in [1.54, 1.807) is 0 Å². The lowest BCUT2D eigenvalue weighted by molar-refractivity contribution is -0.137. The molecule has 0 saturated heterocycles. The SMILES string of the molecule is CCCCc1nc(-c2ccc(C(F)(F)F)cc2)sc1COc1cccc(C)c1. The Kier molecular flexibility index (Phi) is 6.39. The van der Waals surface area contributed by atoms with E-state index in [9.17, 15) is 13.2 Å². The molecule has 0 fully saturated rings. The fourth-order valence-corrected chi connectivity index (χ4v) is 3.84. The average molecular weight is 405 g/mol. The Bertz CT molecular complexity index is 916. The molecule has 0 spiro atoms. The van der Waals surface area contributed by atoms with Crippen LogP contribution < -0.4 is 4.74 Å². The van der Waals surface area contributed by atoms with Crippen molar-refractivity contribution in [1.82, 2.24) is 4.98 Å². The third-order valence-corrected chi connectivity index (χ3v) is 5.48. The van der Waals surface area contributed by atoms with Gasteiger partial charge >= 0.3 is 6.18 Å². The Labute approximate surface area is 167 Å². The van der Waals surface area contributed by atoms with Crippen LogP contribution in [-0.4, -0.2) is 4.98 Å². The van der Waals surface area contributed by atoms with Crippen LogP contribution in [0.3, 0.4) is 0 Å². The highest BCUT2D eigenvalue weighted by Gasteiger charge is 2.30. The van der Waals surface area contributed by atoms with Crippen molar-refractivity contribution in [3.05, 3.63) is 70.2 Å².